The third-order valence-corrected chi connectivity index (χ3v) is 8.78. The Morgan fingerprint density at radius 2 is 1.95 bits per heavy atom. The van der Waals surface area contributed by atoms with Crippen molar-refractivity contribution < 1.29 is 13.6 Å². The molecule has 1 aromatic carbocycles. The van der Waals surface area contributed by atoms with E-state index in [4.69, 9.17) is 5.73 Å². The van der Waals surface area contributed by atoms with Gasteiger partial charge in [0.25, 0.3) is 5.91 Å². The van der Waals surface area contributed by atoms with Crippen molar-refractivity contribution in [1.82, 2.24) is 19.2 Å². The number of likely N-dealkylation sites (tertiary alicyclic amines) is 1. The summed E-state index contributed by atoms with van der Waals surface area (Å²) in [7, 11) is 0. The number of hydrogen-bond donors (Lipinski definition) is 1. The van der Waals surface area contributed by atoms with E-state index in [1.54, 1.807) is 17.2 Å². The molecular formula is C31H41F2N5O. The number of benzene rings is 1. The van der Waals surface area contributed by atoms with Gasteiger partial charge in [0.15, 0.2) is 5.67 Å². The molecule has 1 saturated carbocycles. The predicted molar refractivity (Wildman–Crippen MR) is 151 cm³/mol. The van der Waals surface area contributed by atoms with Crippen LogP contribution < -0.4 is 5.73 Å². The lowest BCUT2D eigenvalue weighted by Crippen LogP contribution is -2.37. The van der Waals surface area contributed by atoms with Gasteiger partial charge in [-0.25, -0.2) is 13.8 Å². The minimum absolute atomic E-state index is 0.0410. The zero-order valence-corrected chi connectivity index (χ0v) is 23.6. The fraction of sp³-hybridized carbons (Fsp3) is 0.548. The molecule has 39 heavy (non-hydrogen) atoms. The largest absolute Gasteiger partial charge is 0.336 e. The Labute approximate surface area is 230 Å². The van der Waals surface area contributed by atoms with Gasteiger partial charge in [-0.1, -0.05) is 6.07 Å². The second-order valence-electron chi connectivity index (χ2n) is 11.8. The highest BCUT2D eigenvalue weighted by atomic mass is 19.1. The smallest absolute Gasteiger partial charge is 0.254 e. The summed E-state index contributed by atoms with van der Waals surface area (Å²) in [6.07, 6.45) is 8.30. The molecule has 1 saturated heterocycles. The van der Waals surface area contributed by atoms with Crippen LogP contribution in [0.1, 0.15) is 74.6 Å². The molecule has 2 aromatic heterocycles. The standard InChI is InChI=1S/C31H41F2N5O/c1-5-37(20(2)3)30(39)28-15-24(32)8-11-26(28)27-14-23(18-38-21(4)35-16-29(27)38)31(33)12-13-36(19-31)17-22-6-9-25(34)10-7-22/h8,11,14-16,18,20,22,25H,5-7,9-10,12-13,17,19,34H2,1-4H3. The number of carbonyl (C=O) groups excluding carboxylic acids is 1. The van der Waals surface area contributed by atoms with Crippen LogP contribution in [0.4, 0.5) is 8.78 Å². The van der Waals surface area contributed by atoms with Crippen LogP contribution in [0.3, 0.4) is 0 Å². The van der Waals surface area contributed by atoms with Gasteiger partial charge in [0, 0.05) is 55.6 Å². The van der Waals surface area contributed by atoms with Crippen LogP contribution >= 0.6 is 0 Å². The highest BCUT2D eigenvalue weighted by Gasteiger charge is 2.41. The first kappa shape index (κ1) is 27.7. The topological polar surface area (TPSA) is 66.9 Å². The molecule has 2 aliphatic rings. The molecule has 210 valence electrons. The zero-order valence-electron chi connectivity index (χ0n) is 23.6. The van der Waals surface area contributed by atoms with Crippen LogP contribution in [0, 0.1) is 18.7 Å². The van der Waals surface area contributed by atoms with Crippen molar-refractivity contribution in [2.45, 2.75) is 77.6 Å². The van der Waals surface area contributed by atoms with Crippen LogP contribution in [0.5, 0.6) is 0 Å². The third kappa shape index (κ3) is 5.46. The monoisotopic (exact) mass is 537 g/mol. The number of aromatic nitrogens is 2. The third-order valence-electron chi connectivity index (χ3n) is 8.78. The number of alkyl halides is 1. The van der Waals surface area contributed by atoms with Gasteiger partial charge in [-0.3, -0.25) is 9.69 Å². The number of pyridine rings is 1. The van der Waals surface area contributed by atoms with Crippen LogP contribution in [-0.4, -0.2) is 63.4 Å². The first-order valence-corrected chi connectivity index (χ1v) is 14.4. The second kappa shape index (κ2) is 11.0. The minimum Gasteiger partial charge on any atom is -0.336 e. The summed E-state index contributed by atoms with van der Waals surface area (Å²) in [5.41, 5.74) is 7.45. The number of fused-ring (bicyclic) bond motifs is 1. The Morgan fingerprint density at radius 1 is 1.21 bits per heavy atom. The van der Waals surface area contributed by atoms with E-state index < -0.39 is 11.5 Å². The Morgan fingerprint density at radius 3 is 2.64 bits per heavy atom. The molecule has 1 unspecified atom stereocenters. The number of amides is 1. The molecule has 3 heterocycles. The summed E-state index contributed by atoms with van der Waals surface area (Å²) in [5, 5.41) is 0. The number of nitrogens with two attached hydrogens (primary N) is 1. The lowest BCUT2D eigenvalue weighted by molar-refractivity contribution is 0.0717. The Kier molecular flexibility index (Phi) is 7.80. The molecule has 2 N–H and O–H groups in total. The molecule has 1 aliphatic carbocycles. The maximum absolute atomic E-state index is 16.8. The minimum atomic E-state index is -1.53. The molecule has 0 bridgehead atoms. The number of hydrogen-bond acceptors (Lipinski definition) is 4. The van der Waals surface area contributed by atoms with Crippen molar-refractivity contribution >= 4 is 11.4 Å². The van der Waals surface area contributed by atoms with Gasteiger partial charge in [0.05, 0.1) is 17.3 Å². The first-order valence-electron chi connectivity index (χ1n) is 14.4. The van der Waals surface area contributed by atoms with Crippen molar-refractivity contribution in [3.63, 3.8) is 0 Å². The van der Waals surface area contributed by atoms with Crippen LogP contribution in [0.15, 0.2) is 36.7 Å². The highest BCUT2D eigenvalue weighted by molar-refractivity contribution is 6.03. The normalized spacial score (nSPS) is 24.1. The van der Waals surface area contributed by atoms with Crippen LogP contribution in [-0.2, 0) is 5.67 Å². The summed E-state index contributed by atoms with van der Waals surface area (Å²) in [4.78, 5) is 22.1. The van der Waals surface area contributed by atoms with Crippen molar-refractivity contribution in [1.29, 1.82) is 0 Å². The van der Waals surface area contributed by atoms with Crippen molar-refractivity contribution in [3.05, 3.63) is 59.4 Å². The van der Waals surface area contributed by atoms with E-state index in [9.17, 15) is 9.18 Å². The van der Waals surface area contributed by atoms with E-state index in [0.717, 1.165) is 43.6 Å². The summed E-state index contributed by atoms with van der Waals surface area (Å²) < 4.78 is 33.1. The molecule has 1 amide bonds. The van der Waals surface area contributed by atoms with Crippen molar-refractivity contribution in [2.75, 3.05) is 26.2 Å². The van der Waals surface area contributed by atoms with E-state index in [0.29, 0.717) is 54.7 Å². The van der Waals surface area contributed by atoms with Gasteiger partial charge in [-0.05, 0) is 89.5 Å². The van der Waals surface area contributed by atoms with Gasteiger partial charge in [0.2, 0.25) is 0 Å². The average Bonchev–Trinajstić information content (AvgIpc) is 3.48. The molecule has 0 radical (unpaired) electrons. The number of halogens is 2. The van der Waals surface area contributed by atoms with Gasteiger partial charge in [-0.15, -0.1) is 0 Å². The fourth-order valence-corrected chi connectivity index (χ4v) is 6.48. The molecule has 0 spiro atoms. The Hall–Kier alpha value is -2.84. The molecule has 1 atom stereocenters. The summed E-state index contributed by atoms with van der Waals surface area (Å²) in [6, 6.07) is 6.42. The maximum Gasteiger partial charge on any atom is 0.254 e. The number of imidazole rings is 1. The fourth-order valence-electron chi connectivity index (χ4n) is 6.48. The van der Waals surface area contributed by atoms with Crippen LogP contribution in [0.25, 0.3) is 16.6 Å². The Balaban J connectivity index is 1.53. The SMILES string of the molecule is CCN(C(=O)c1cc(F)ccc1-c1cc(C2(F)CCN(CC3CCC(N)CC3)C2)cn2c(C)ncc12)C(C)C. The number of aryl methyl sites for hydroxylation is 1. The van der Waals surface area contributed by atoms with Crippen LogP contribution in [0.2, 0.25) is 0 Å². The summed E-state index contributed by atoms with van der Waals surface area (Å²) in [5.74, 6) is 0.584. The van der Waals surface area contributed by atoms with E-state index in [1.165, 1.54) is 12.1 Å². The molecule has 8 heteroatoms. The van der Waals surface area contributed by atoms with Crippen molar-refractivity contribution in [2.24, 2.45) is 11.7 Å². The quantitative estimate of drug-likeness (QED) is 0.419. The van der Waals surface area contributed by atoms with Crippen molar-refractivity contribution in [3.8, 4) is 11.1 Å². The maximum atomic E-state index is 16.8. The summed E-state index contributed by atoms with van der Waals surface area (Å²) >= 11 is 0. The van der Waals surface area contributed by atoms with Gasteiger partial charge >= 0.3 is 0 Å². The van der Waals surface area contributed by atoms with E-state index in [2.05, 4.69) is 9.88 Å². The lowest BCUT2D eigenvalue weighted by atomic mass is 9.86. The average molecular weight is 538 g/mol. The molecule has 3 aromatic rings. The molecule has 1 aliphatic heterocycles. The molecule has 2 fully saturated rings. The van der Waals surface area contributed by atoms with Gasteiger partial charge < -0.3 is 15.0 Å². The van der Waals surface area contributed by atoms with Gasteiger partial charge in [-0.2, -0.15) is 0 Å². The van der Waals surface area contributed by atoms with E-state index in [-0.39, 0.29) is 17.5 Å². The highest BCUT2D eigenvalue weighted by Crippen LogP contribution is 2.41. The van der Waals surface area contributed by atoms with E-state index >= 15 is 4.39 Å². The molecule has 5 rings (SSSR count). The molecular weight excluding hydrogens is 496 g/mol. The number of rotatable bonds is 7. The molecule has 6 nitrogen and oxygen atoms in total. The summed E-state index contributed by atoms with van der Waals surface area (Å²) in [6.45, 7) is 10.1. The Bertz CT molecular complexity index is 1350. The number of nitrogens with zero attached hydrogens (tertiary/aromatic N) is 4. The second-order valence-corrected chi connectivity index (χ2v) is 11.8. The first-order chi connectivity index (χ1) is 18.6. The van der Waals surface area contributed by atoms with E-state index in [1.807, 2.05) is 44.4 Å². The van der Waals surface area contributed by atoms with Gasteiger partial charge in [0.1, 0.15) is 11.6 Å². The zero-order chi connectivity index (χ0) is 27.9. The lowest BCUT2D eigenvalue weighted by Gasteiger charge is -2.30. The number of carbonyl (C=O) groups is 1. The predicted octanol–water partition coefficient (Wildman–Crippen LogP) is 5.71.